The maximum Gasteiger partial charge on any atom is 0.303 e. The highest BCUT2D eigenvalue weighted by Crippen LogP contribution is 2.19. The first-order chi connectivity index (χ1) is 8.40. The van der Waals surface area contributed by atoms with E-state index in [9.17, 15) is 9.59 Å². The lowest BCUT2D eigenvalue weighted by Gasteiger charge is -2.15. The Bertz CT molecular complexity index is 407. The summed E-state index contributed by atoms with van der Waals surface area (Å²) in [6.45, 7) is 6.18. The van der Waals surface area contributed by atoms with Gasteiger partial charge in [-0.1, -0.05) is 6.07 Å². The van der Waals surface area contributed by atoms with Crippen molar-refractivity contribution in [3.63, 3.8) is 0 Å². The Hall–Kier alpha value is -1.91. The largest absolute Gasteiger partial charge is 0.456 e. The molecule has 5 heteroatoms. The van der Waals surface area contributed by atoms with Crippen molar-refractivity contribution in [2.45, 2.75) is 39.9 Å². The van der Waals surface area contributed by atoms with Crippen LogP contribution in [0.3, 0.4) is 0 Å². The predicted octanol–water partition coefficient (Wildman–Crippen LogP) is 2.33. The van der Waals surface area contributed by atoms with E-state index in [1.54, 1.807) is 32.0 Å². The van der Waals surface area contributed by atoms with Gasteiger partial charge in [-0.3, -0.25) is 14.6 Å². The number of hydrogen-bond acceptors (Lipinski definition) is 5. The molecule has 0 saturated carbocycles. The van der Waals surface area contributed by atoms with Crippen molar-refractivity contribution < 1.29 is 19.1 Å². The third-order valence-corrected chi connectivity index (χ3v) is 2.31. The average Bonchev–Trinajstić information content (AvgIpc) is 2.27. The van der Waals surface area contributed by atoms with E-state index in [-0.39, 0.29) is 11.9 Å². The smallest absolute Gasteiger partial charge is 0.303 e. The van der Waals surface area contributed by atoms with E-state index in [2.05, 4.69) is 4.98 Å². The summed E-state index contributed by atoms with van der Waals surface area (Å²) in [5, 5.41) is 0. The van der Waals surface area contributed by atoms with Crippen molar-refractivity contribution in [1.82, 2.24) is 4.98 Å². The molecule has 18 heavy (non-hydrogen) atoms. The third-order valence-electron chi connectivity index (χ3n) is 2.31. The highest BCUT2D eigenvalue weighted by atomic mass is 16.5. The second-order valence-electron chi connectivity index (χ2n) is 3.99. The van der Waals surface area contributed by atoms with Gasteiger partial charge in [-0.25, -0.2) is 0 Å². The molecule has 1 aromatic heterocycles. The average molecular weight is 251 g/mol. The molecule has 0 aliphatic carbocycles. The number of carbonyl (C=O) groups is 2. The summed E-state index contributed by atoms with van der Waals surface area (Å²) in [5.74, 6) is -0.717. The number of hydrogen-bond donors (Lipinski definition) is 0. The molecule has 1 aromatic rings. The van der Waals surface area contributed by atoms with Crippen LogP contribution in [0.25, 0.3) is 0 Å². The molecule has 5 nitrogen and oxygen atoms in total. The van der Waals surface area contributed by atoms with Crippen molar-refractivity contribution in [1.29, 1.82) is 0 Å². The number of esters is 2. The van der Waals surface area contributed by atoms with Gasteiger partial charge in [-0.05, 0) is 26.0 Å². The molecule has 0 aliphatic rings. The molecule has 0 fully saturated rings. The molecule has 2 atom stereocenters. The Kier molecular flexibility index (Phi) is 4.83. The van der Waals surface area contributed by atoms with Crippen LogP contribution in [0.15, 0.2) is 18.2 Å². The van der Waals surface area contributed by atoms with E-state index in [0.717, 1.165) is 0 Å². The van der Waals surface area contributed by atoms with Gasteiger partial charge in [0.15, 0.2) is 0 Å². The van der Waals surface area contributed by atoms with Crippen LogP contribution in [0, 0.1) is 0 Å². The summed E-state index contributed by atoms with van der Waals surface area (Å²) >= 11 is 0. The van der Waals surface area contributed by atoms with Crippen molar-refractivity contribution in [2.24, 2.45) is 0 Å². The van der Waals surface area contributed by atoms with E-state index in [1.165, 1.54) is 13.8 Å². The lowest BCUT2D eigenvalue weighted by Crippen LogP contribution is -2.10. The Morgan fingerprint density at radius 3 is 1.72 bits per heavy atom. The van der Waals surface area contributed by atoms with Crippen LogP contribution >= 0.6 is 0 Å². The molecule has 0 spiro atoms. The van der Waals surface area contributed by atoms with E-state index in [0.29, 0.717) is 11.4 Å². The minimum Gasteiger partial charge on any atom is -0.456 e. The molecule has 0 amide bonds. The molecule has 0 aliphatic heterocycles. The van der Waals surface area contributed by atoms with Crippen LogP contribution < -0.4 is 0 Å². The second kappa shape index (κ2) is 6.14. The molecule has 0 N–H and O–H groups in total. The first kappa shape index (κ1) is 14.2. The summed E-state index contributed by atoms with van der Waals surface area (Å²) in [6, 6.07) is 5.31. The first-order valence-electron chi connectivity index (χ1n) is 5.71. The van der Waals surface area contributed by atoms with Crippen LogP contribution in [0.5, 0.6) is 0 Å². The first-order valence-corrected chi connectivity index (χ1v) is 5.71. The number of rotatable bonds is 4. The fourth-order valence-corrected chi connectivity index (χ4v) is 1.54. The van der Waals surface area contributed by atoms with Crippen LogP contribution in [0.1, 0.15) is 51.3 Å². The van der Waals surface area contributed by atoms with Crippen LogP contribution in [0.4, 0.5) is 0 Å². The van der Waals surface area contributed by atoms with Gasteiger partial charge in [0.2, 0.25) is 0 Å². The van der Waals surface area contributed by atoms with E-state index in [4.69, 9.17) is 9.47 Å². The monoisotopic (exact) mass is 251 g/mol. The maximum absolute atomic E-state index is 10.9. The van der Waals surface area contributed by atoms with Crippen molar-refractivity contribution in [3.05, 3.63) is 29.6 Å². The zero-order valence-electron chi connectivity index (χ0n) is 11.0. The molecule has 0 radical (unpaired) electrons. The van der Waals surface area contributed by atoms with Gasteiger partial charge in [0, 0.05) is 13.8 Å². The SMILES string of the molecule is CC(=O)O[C@H](C)c1cccc([C@@H](C)OC(C)=O)n1. The quantitative estimate of drug-likeness (QED) is 0.768. The summed E-state index contributed by atoms with van der Waals surface area (Å²) in [6.07, 6.45) is -0.848. The Labute approximate surface area is 106 Å². The van der Waals surface area contributed by atoms with Gasteiger partial charge in [0.05, 0.1) is 11.4 Å². The molecule has 0 saturated heterocycles. The lowest BCUT2D eigenvalue weighted by atomic mass is 10.2. The number of ether oxygens (including phenoxy) is 2. The molecule has 1 heterocycles. The molecule has 0 unspecified atom stereocenters. The van der Waals surface area contributed by atoms with E-state index in [1.807, 2.05) is 0 Å². The number of carbonyl (C=O) groups excluding carboxylic acids is 2. The van der Waals surface area contributed by atoms with Crippen LogP contribution in [-0.4, -0.2) is 16.9 Å². The Morgan fingerprint density at radius 1 is 1.00 bits per heavy atom. The van der Waals surface area contributed by atoms with E-state index < -0.39 is 12.2 Å². The van der Waals surface area contributed by atoms with Gasteiger partial charge in [-0.2, -0.15) is 0 Å². The fourth-order valence-electron chi connectivity index (χ4n) is 1.54. The zero-order valence-corrected chi connectivity index (χ0v) is 11.0. The molecular weight excluding hydrogens is 234 g/mol. The van der Waals surface area contributed by atoms with E-state index >= 15 is 0 Å². The van der Waals surface area contributed by atoms with Crippen LogP contribution in [0.2, 0.25) is 0 Å². The molecule has 0 aromatic carbocycles. The van der Waals surface area contributed by atoms with Gasteiger partial charge in [-0.15, -0.1) is 0 Å². The van der Waals surface area contributed by atoms with Gasteiger partial charge in [0.25, 0.3) is 0 Å². The highest BCUT2D eigenvalue weighted by Gasteiger charge is 2.14. The highest BCUT2D eigenvalue weighted by molar-refractivity contribution is 5.66. The fraction of sp³-hybridized carbons (Fsp3) is 0.462. The van der Waals surface area contributed by atoms with Crippen molar-refractivity contribution >= 4 is 11.9 Å². The van der Waals surface area contributed by atoms with Gasteiger partial charge in [0.1, 0.15) is 12.2 Å². The van der Waals surface area contributed by atoms with Crippen LogP contribution in [-0.2, 0) is 19.1 Å². The number of nitrogens with zero attached hydrogens (tertiary/aromatic N) is 1. The standard InChI is InChI=1S/C13H17NO4/c1-8(17-10(3)15)12-6-5-7-13(14-12)9(2)18-11(4)16/h5-9H,1-4H3/t8-,9-/m1/s1. The minimum atomic E-state index is -0.424. The maximum atomic E-state index is 10.9. The van der Waals surface area contributed by atoms with Crippen molar-refractivity contribution in [3.8, 4) is 0 Å². The zero-order chi connectivity index (χ0) is 13.7. The molecule has 0 bridgehead atoms. The Morgan fingerprint density at radius 2 is 1.39 bits per heavy atom. The van der Waals surface area contributed by atoms with Gasteiger partial charge < -0.3 is 9.47 Å². The van der Waals surface area contributed by atoms with Gasteiger partial charge >= 0.3 is 11.9 Å². The second-order valence-corrected chi connectivity index (χ2v) is 3.99. The summed E-state index contributed by atoms with van der Waals surface area (Å²) < 4.78 is 10.1. The summed E-state index contributed by atoms with van der Waals surface area (Å²) in [4.78, 5) is 26.1. The summed E-state index contributed by atoms with van der Waals surface area (Å²) in [7, 11) is 0. The third kappa shape index (κ3) is 4.16. The van der Waals surface area contributed by atoms with Crippen molar-refractivity contribution in [2.75, 3.05) is 0 Å². The molecular formula is C13H17NO4. The summed E-state index contributed by atoms with van der Waals surface area (Å²) in [5.41, 5.74) is 1.25. The minimum absolute atomic E-state index is 0.359. The topological polar surface area (TPSA) is 65.5 Å². The Balaban J connectivity index is 2.84. The number of aromatic nitrogens is 1. The molecule has 1 rings (SSSR count). The normalized spacial score (nSPS) is 13.6. The lowest BCUT2D eigenvalue weighted by molar-refractivity contribution is -0.146. The number of pyridine rings is 1. The predicted molar refractivity (Wildman–Crippen MR) is 64.6 cm³/mol. The molecule has 98 valence electrons.